The first-order chi connectivity index (χ1) is 9.45. The van der Waals surface area contributed by atoms with Crippen LogP contribution in [0.4, 0.5) is 0 Å². The number of carboxylic acid groups (broad SMARTS) is 1. The van der Waals surface area contributed by atoms with Crippen LogP contribution in [0, 0.1) is 5.92 Å². The number of likely N-dealkylation sites (N-methyl/N-ethyl adjacent to an activating group) is 1. The van der Waals surface area contributed by atoms with Gasteiger partial charge in [-0.25, -0.2) is 0 Å². The molecule has 0 spiro atoms. The van der Waals surface area contributed by atoms with Crippen molar-refractivity contribution < 1.29 is 14.7 Å². The van der Waals surface area contributed by atoms with Crippen LogP contribution >= 0.6 is 22.9 Å². The van der Waals surface area contributed by atoms with Crippen molar-refractivity contribution in [3.63, 3.8) is 0 Å². The summed E-state index contributed by atoms with van der Waals surface area (Å²) >= 11 is 7.32. The molecule has 110 valence electrons. The molecule has 1 atom stereocenters. The van der Waals surface area contributed by atoms with E-state index in [0.29, 0.717) is 30.4 Å². The molecule has 1 aromatic heterocycles. The van der Waals surface area contributed by atoms with Crippen LogP contribution in [0.1, 0.15) is 11.3 Å². The number of rotatable bonds is 5. The molecule has 1 aliphatic heterocycles. The van der Waals surface area contributed by atoms with Gasteiger partial charge in [0.1, 0.15) is 0 Å². The van der Waals surface area contributed by atoms with E-state index in [2.05, 4.69) is 0 Å². The van der Waals surface area contributed by atoms with Gasteiger partial charge in [-0.05, 0) is 25.1 Å². The summed E-state index contributed by atoms with van der Waals surface area (Å²) in [4.78, 5) is 27.6. The zero-order chi connectivity index (χ0) is 14.7. The van der Waals surface area contributed by atoms with Crippen LogP contribution in [0.5, 0.6) is 0 Å². The molecule has 20 heavy (non-hydrogen) atoms. The standard InChI is InChI=1S/C13H17ClN2O3S/c1-15(7-10-2-3-11(14)20-10)12(17)8-16-5-4-9(6-16)13(18)19/h2-3,9H,4-8H2,1H3,(H,18,19). The number of halogens is 1. The molecule has 0 aliphatic carbocycles. The van der Waals surface area contributed by atoms with Crippen LogP contribution in [-0.4, -0.2) is 53.5 Å². The van der Waals surface area contributed by atoms with Crippen LogP contribution in [-0.2, 0) is 16.1 Å². The van der Waals surface area contributed by atoms with Crippen LogP contribution < -0.4 is 0 Å². The van der Waals surface area contributed by atoms with Crippen molar-refractivity contribution in [2.75, 3.05) is 26.7 Å². The molecule has 0 radical (unpaired) electrons. The molecule has 1 amide bonds. The van der Waals surface area contributed by atoms with Gasteiger partial charge >= 0.3 is 5.97 Å². The number of carboxylic acids is 1. The molecule has 0 aromatic carbocycles. The van der Waals surface area contributed by atoms with Gasteiger partial charge in [-0.2, -0.15) is 0 Å². The van der Waals surface area contributed by atoms with Gasteiger partial charge in [-0.15, -0.1) is 11.3 Å². The van der Waals surface area contributed by atoms with E-state index in [-0.39, 0.29) is 18.4 Å². The van der Waals surface area contributed by atoms with Gasteiger partial charge in [0, 0.05) is 18.5 Å². The van der Waals surface area contributed by atoms with Crippen molar-refractivity contribution in [2.24, 2.45) is 5.92 Å². The smallest absolute Gasteiger partial charge is 0.307 e. The molecule has 2 heterocycles. The van der Waals surface area contributed by atoms with Gasteiger partial charge in [-0.3, -0.25) is 14.5 Å². The second-order valence-electron chi connectivity index (χ2n) is 5.01. The molecule has 0 saturated carbocycles. The van der Waals surface area contributed by atoms with E-state index in [0.717, 1.165) is 4.88 Å². The van der Waals surface area contributed by atoms with E-state index in [9.17, 15) is 9.59 Å². The first-order valence-electron chi connectivity index (χ1n) is 6.39. The highest BCUT2D eigenvalue weighted by Gasteiger charge is 2.29. The first kappa shape index (κ1) is 15.3. The summed E-state index contributed by atoms with van der Waals surface area (Å²) in [7, 11) is 1.75. The SMILES string of the molecule is CN(Cc1ccc(Cl)s1)C(=O)CN1CCC(C(=O)O)C1. The van der Waals surface area contributed by atoms with E-state index < -0.39 is 5.97 Å². The number of nitrogens with zero attached hydrogens (tertiary/aromatic N) is 2. The van der Waals surface area contributed by atoms with Gasteiger partial charge in [0.15, 0.2) is 0 Å². The lowest BCUT2D eigenvalue weighted by Crippen LogP contribution is -2.37. The molecule has 1 N–H and O–H groups in total. The average molecular weight is 317 g/mol. The Kier molecular flexibility index (Phi) is 5.01. The van der Waals surface area contributed by atoms with Gasteiger partial charge in [-0.1, -0.05) is 11.6 Å². The molecular formula is C13H17ClN2O3S. The van der Waals surface area contributed by atoms with Gasteiger partial charge in [0.2, 0.25) is 5.91 Å². The minimum Gasteiger partial charge on any atom is -0.481 e. The molecule has 1 aliphatic rings. The Hall–Kier alpha value is -1.11. The third-order valence-electron chi connectivity index (χ3n) is 3.43. The molecule has 1 unspecified atom stereocenters. The Morgan fingerprint density at radius 1 is 1.55 bits per heavy atom. The average Bonchev–Trinajstić information content (AvgIpc) is 2.98. The van der Waals surface area contributed by atoms with Crippen molar-refractivity contribution in [1.29, 1.82) is 0 Å². The topological polar surface area (TPSA) is 60.9 Å². The van der Waals surface area contributed by atoms with Crippen molar-refractivity contribution in [3.8, 4) is 0 Å². The van der Waals surface area contributed by atoms with E-state index in [1.165, 1.54) is 11.3 Å². The lowest BCUT2D eigenvalue weighted by Gasteiger charge is -2.20. The van der Waals surface area contributed by atoms with Crippen molar-refractivity contribution in [1.82, 2.24) is 9.80 Å². The molecule has 0 bridgehead atoms. The Bertz CT molecular complexity index is 506. The summed E-state index contributed by atoms with van der Waals surface area (Å²) in [6.45, 7) is 1.94. The molecule has 7 heteroatoms. The Morgan fingerprint density at radius 2 is 2.30 bits per heavy atom. The predicted octanol–water partition coefficient (Wildman–Crippen LogP) is 1.77. The minimum absolute atomic E-state index is 0.000520. The second-order valence-corrected chi connectivity index (χ2v) is 6.81. The number of likely N-dealkylation sites (tertiary alicyclic amines) is 1. The molecule has 1 saturated heterocycles. The summed E-state index contributed by atoms with van der Waals surface area (Å²) in [6, 6.07) is 3.73. The van der Waals surface area contributed by atoms with Crippen LogP contribution in [0.2, 0.25) is 4.34 Å². The third kappa shape index (κ3) is 3.94. The zero-order valence-electron chi connectivity index (χ0n) is 11.2. The fourth-order valence-electron chi connectivity index (χ4n) is 2.25. The zero-order valence-corrected chi connectivity index (χ0v) is 12.8. The lowest BCUT2D eigenvalue weighted by molar-refractivity contribution is -0.141. The van der Waals surface area contributed by atoms with E-state index >= 15 is 0 Å². The van der Waals surface area contributed by atoms with Crippen molar-refractivity contribution >= 4 is 34.8 Å². The molecular weight excluding hydrogens is 300 g/mol. The molecule has 5 nitrogen and oxygen atoms in total. The number of thiophene rings is 1. The fraction of sp³-hybridized carbons (Fsp3) is 0.538. The van der Waals surface area contributed by atoms with Crippen LogP contribution in [0.3, 0.4) is 0 Å². The van der Waals surface area contributed by atoms with E-state index in [4.69, 9.17) is 16.7 Å². The monoisotopic (exact) mass is 316 g/mol. The van der Waals surface area contributed by atoms with Gasteiger partial charge in [0.25, 0.3) is 0 Å². The largest absolute Gasteiger partial charge is 0.481 e. The van der Waals surface area contributed by atoms with Crippen LogP contribution in [0.15, 0.2) is 12.1 Å². The highest BCUT2D eigenvalue weighted by atomic mass is 35.5. The molecule has 1 aromatic rings. The number of hydrogen-bond donors (Lipinski definition) is 1. The minimum atomic E-state index is -0.776. The fourth-order valence-corrected chi connectivity index (χ4v) is 3.39. The molecule has 2 rings (SSSR count). The van der Waals surface area contributed by atoms with Crippen molar-refractivity contribution in [3.05, 3.63) is 21.3 Å². The maximum Gasteiger partial charge on any atom is 0.307 e. The van der Waals surface area contributed by atoms with Gasteiger partial charge < -0.3 is 10.0 Å². The predicted molar refractivity (Wildman–Crippen MR) is 78.0 cm³/mol. The maximum absolute atomic E-state index is 12.1. The second kappa shape index (κ2) is 6.56. The van der Waals surface area contributed by atoms with Gasteiger partial charge in [0.05, 0.1) is 23.3 Å². The Labute approximate surface area is 126 Å². The summed E-state index contributed by atoms with van der Waals surface area (Å²) in [6.07, 6.45) is 0.618. The lowest BCUT2D eigenvalue weighted by atomic mass is 10.1. The normalized spacial score (nSPS) is 19.2. The third-order valence-corrected chi connectivity index (χ3v) is 4.64. The maximum atomic E-state index is 12.1. The first-order valence-corrected chi connectivity index (χ1v) is 7.58. The van der Waals surface area contributed by atoms with E-state index in [1.807, 2.05) is 17.0 Å². The summed E-state index contributed by atoms with van der Waals surface area (Å²) in [5.74, 6) is -1.12. The highest BCUT2D eigenvalue weighted by molar-refractivity contribution is 7.16. The van der Waals surface area contributed by atoms with Crippen molar-refractivity contribution in [2.45, 2.75) is 13.0 Å². The van der Waals surface area contributed by atoms with E-state index in [1.54, 1.807) is 11.9 Å². The summed E-state index contributed by atoms with van der Waals surface area (Å²) in [5, 5.41) is 8.94. The van der Waals surface area contributed by atoms with Crippen LogP contribution in [0.25, 0.3) is 0 Å². The number of amides is 1. The number of carbonyl (C=O) groups is 2. The quantitative estimate of drug-likeness (QED) is 0.899. The number of hydrogen-bond acceptors (Lipinski definition) is 4. The Balaban J connectivity index is 1.81. The molecule has 1 fully saturated rings. The summed E-state index contributed by atoms with van der Waals surface area (Å²) in [5.41, 5.74) is 0. The number of carbonyl (C=O) groups excluding carboxylic acids is 1. The highest BCUT2D eigenvalue weighted by Crippen LogP contribution is 2.22. The summed E-state index contributed by atoms with van der Waals surface area (Å²) < 4.78 is 0.713. The number of aliphatic carboxylic acids is 1. The Morgan fingerprint density at radius 3 is 2.85 bits per heavy atom.